The summed E-state index contributed by atoms with van der Waals surface area (Å²) in [7, 11) is 1.64. The molecular weight excluding hydrogens is 564 g/mol. The lowest BCUT2D eigenvalue weighted by Gasteiger charge is -2.09. The van der Waals surface area contributed by atoms with E-state index in [4.69, 9.17) is 52.1 Å². The monoisotopic (exact) mass is 626 g/mol. The van der Waals surface area contributed by atoms with Crippen molar-refractivity contribution in [2.24, 2.45) is 0 Å². The highest BCUT2D eigenvalue weighted by Crippen LogP contribution is 2.08. The van der Waals surface area contributed by atoms with E-state index >= 15 is 0 Å². The molecule has 258 valence electrons. The summed E-state index contributed by atoms with van der Waals surface area (Å²) in [6.07, 6.45) is 8.81. The summed E-state index contributed by atoms with van der Waals surface area (Å²) in [5, 5.41) is 0. The summed E-state index contributed by atoms with van der Waals surface area (Å²) in [6.45, 7) is 12.2. The van der Waals surface area contributed by atoms with Crippen molar-refractivity contribution >= 4 is 5.97 Å². The number of methoxy groups -OCH3 is 1. The lowest BCUT2D eigenvalue weighted by Crippen LogP contribution is -2.15. The quantitative estimate of drug-likeness (QED) is 0.0738. The number of hydrogen-bond donors (Lipinski definition) is 0. The Morgan fingerprint density at radius 1 is 0.372 bits per heavy atom. The highest BCUT2D eigenvalue weighted by atomic mass is 16.6. The van der Waals surface area contributed by atoms with Crippen molar-refractivity contribution in [1.29, 1.82) is 0 Å². The molecule has 0 aliphatic heterocycles. The first-order valence-corrected chi connectivity index (χ1v) is 16.2. The van der Waals surface area contributed by atoms with Gasteiger partial charge in [-0.1, -0.05) is 45.4 Å². The van der Waals surface area contributed by atoms with Crippen LogP contribution in [-0.4, -0.2) is 145 Å². The van der Waals surface area contributed by atoms with E-state index in [2.05, 4.69) is 6.92 Å². The molecule has 12 heteroatoms. The molecule has 0 saturated carbocycles. The third-order valence-corrected chi connectivity index (χ3v) is 5.88. The summed E-state index contributed by atoms with van der Waals surface area (Å²) in [6, 6.07) is 0. The maximum Gasteiger partial charge on any atom is 0.305 e. The molecule has 12 nitrogen and oxygen atoms in total. The normalized spacial score (nSPS) is 11.4. The van der Waals surface area contributed by atoms with Gasteiger partial charge in [-0.25, -0.2) is 0 Å². The Balaban J connectivity index is 3.09. The first-order chi connectivity index (χ1) is 21.3. The van der Waals surface area contributed by atoms with Gasteiger partial charge in [0.2, 0.25) is 0 Å². The Labute approximate surface area is 260 Å². The molecule has 0 aromatic carbocycles. The van der Waals surface area contributed by atoms with Gasteiger partial charge in [0.1, 0.15) is 6.61 Å². The maximum atomic E-state index is 11.7. The van der Waals surface area contributed by atoms with Crippen molar-refractivity contribution in [3.63, 3.8) is 0 Å². The number of carbonyl (C=O) groups is 1. The van der Waals surface area contributed by atoms with Gasteiger partial charge in [-0.3, -0.25) is 4.79 Å². The minimum absolute atomic E-state index is 0.139. The van der Waals surface area contributed by atoms with Crippen molar-refractivity contribution in [3.05, 3.63) is 0 Å². The van der Waals surface area contributed by atoms with Crippen molar-refractivity contribution in [1.82, 2.24) is 0 Å². The van der Waals surface area contributed by atoms with E-state index in [0.29, 0.717) is 132 Å². The number of carbonyl (C=O) groups excluding carboxylic acids is 1. The minimum atomic E-state index is -0.139. The second-order valence-electron chi connectivity index (χ2n) is 9.60. The maximum absolute atomic E-state index is 11.7. The molecule has 0 spiro atoms. The lowest BCUT2D eigenvalue weighted by atomic mass is 10.1. The second kappa shape index (κ2) is 39.1. The zero-order valence-electron chi connectivity index (χ0n) is 27.2. The fraction of sp³-hybridized carbons (Fsp3) is 0.968. The SMILES string of the molecule is CCCCCCCCCC(=O)OCCOCCOCCOCCOCCOCCOCCOCCOCCOCCOC. The highest BCUT2D eigenvalue weighted by Gasteiger charge is 2.02. The second-order valence-corrected chi connectivity index (χ2v) is 9.60. The van der Waals surface area contributed by atoms with Crippen LogP contribution in [0.1, 0.15) is 58.3 Å². The summed E-state index contributed by atoms with van der Waals surface area (Å²) < 4.78 is 58.9. The summed E-state index contributed by atoms with van der Waals surface area (Å²) in [5.74, 6) is -0.139. The van der Waals surface area contributed by atoms with Gasteiger partial charge in [-0.2, -0.15) is 0 Å². The van der Waals surface area contributed by atoms with E-state index in [-0.39, 0.29) is 12.6 Å². The van der Waals surface area contributed by atoms with E-state index in [1.54, 1.807) is 7.11 Å². The largest absolute Gasteiger partial charge is 0.463 e. The van der Waals surface area contributed by atoms with Crippen LogP contribution in [0.5, 0.6) is 0 Å². The molecule has 43 heavy (non-hydrogen) atoms. The molecule has 0 N–H and O–H groups in total. The Bertz CT molecular complexity index is 527. The highest BCUT2D eigenvalue weighted by molar-refractivity contribution is 5.69. The molecule has 0 amide bonds. The Kier molecular flexibility index (Phi) is 38.2. The fourth-order valence-corrected chi connectivity index (χ4v) is 3.52. The average molecular weight is 627 g/mol. The van der Waals surface area contributed by atoms with E-state index in [9.17, 15) is 4.79 Å². The van der Waals surface area contributed by atoms with Gasteiger partial charge >= 0.3 is 5.97 Å². The summed E-state index contributed by atoms with van der Waals surface area (Å²) in [4.78, 5) is 11.7. The van der Waals surface area contributed by atoms with Crippen LogP contribution >= 0.6 is 0 Å². The zero-order chi connectivity index (χ0) is 31.2. The molecule has 0 bridgehead atoms. The van der Waals surface area contributed by atoms with Crippen molar-refractivity contribution in [3.8, 4) is 0 Å². The molecule has 0 radical (unpaired) electrons. The molecule has 0 unspecified atom stereocenters. The van der Waals surface area contributed by atoms with Crippen molar-refractivity contribution < 1.29 is 56.9 Å². The number of hydrogen-bond acceptors (Lipinski definition) is 12. The van der Waals surface area contributed by atoms with Crippen molar-refractivity contribution in [2.45, 2.75) is 58.3 Å². The zero-order valence-corrected chi connectivity index (χ0v) is 27.2. The van der Waals surface area contributed by atoms with E-state index in [1.807, 2.05) is 0 Å². The third-order valence-electron chi connectivity index (χ3n) is 5.88. The van der Waals surface area contributed by atoms with E-state index in [0.717, 1.165) is 12.8 Å². The number of esters is 1. The molecule has 0 rings (SSSR count). The van der Waals surface area contributed by atoms with Crippen LogP contribution in [0.3, 0.4) is 0 Å². The Morgan fingerprint density at radius 3 is 0.977 bits per heavy atom. The smallest absolute Gasteiger partial charge is 0.305 e. The number of rotatable bonds is 38. The Morgan fingerprint density at radius 2 is 0.651 bits per heavy atom. The Hall–Kier alpha value is -0.930. The topological polar surface area (TPSA) is 119 Å². The molecule has 0 heterocycles. The fourth-order valence-electron chi connectivity index (χ4n) is 3.52. The van der Waals surface area contributed by atoms with Crippen LogP contribution in [0.25, 0.3) is 0 Å². The van der Waals surface area contributed by atoms with Gasteiger partial charge in [-0.05, 0) is 6.42 Å². The standard InChI is InChI=1S/C31H62O12/c1-3-4-5-6-7-8-9-10-31(32)43-30-29-42-28-27-41-26-25-40-24-23-39-22-21-38-20-19-37-18-17-36-16-15-35-14-13-34-12-11-33-2/h3-30H2,1-2H3. The van der Waals surface area contributed by atoms with Crippen LogP contribution < -0.4 is 0 Å². The van der Waals surface area contributed by atoms with Crippen LogP contribution in [0.15, 0.2) is 0 Å². The third kappa shape index (κ3) is 39.0. The molecule has 0 atom stereocenters. The van der Waals surface area contributed by atoms with Crippen LogP contribution in [0.4, 0.5) is 0 Å². The molecule has 0 saturated heterocycles. The van der Waals surface area contributed by atoms with E-state index in [1.165, 1.54) is 32.1 Å². The van der Waals surface area contributed by atoms with Gasteiger partial charge in [-0.15, -0.1) is 0 Å². The number of ether oxygens (including phenoxy) is 11. The van der Waals surface area contributed by atoms with Gasteiger partial charge in [0.25, 0.3) is 0 Å². The molecular formula is C31H62O12. The molecule has 0 aromatic rings. The molecule has 0 aromatic heterocycles. The van der Waals surface area contributed by atoms with Crippen LogP contribution in [0.2, 0.25) is 0 Å². The predicted octanol–water partition coefficient (Wildman–Crippen LogP) is 3.47. The molecule has 0 aliphatic rings. The van der Waals surface area contributed by atoms with Gasteiger partial charge in [0, 0.05) is 13.5 Å². The molecule has 0 fully saturated rings. The van der Waals surface area contributed by atoms with Gasteiger partial charge in [0.05, 0.1) is 126 Å². The summed E-state index contributed by atoms with van der Waals surface area (Å²) >= 11 is 0. The van der Waals surface area contributed by atoms with Gasteiger partial charge in [0.15, 0.2) is 0 Å². The average Bonchev–Trinajstić information content (AvgIpc) is 3.01. The number of unbranched alkanes of at least 4 members (excludes halogenated alkanes) is 6. The van der Waals surface area contributed by atoms with Crippen LogP contribution in [-0.2, 0) is 56.9 Å². The molecule has 0 aliphatic carbocycles. The first kappa shape index (κ1) is 42.1. The first-order valence-electron chi connectivity index (χ1n) is 16.2. The lowest BCUT2D eigenvalue weighted by molar-refractivity contribution is -0.145. The van der Waals surface area contributed by atoms with Crippen LogP contribution in [0, 0.1) is 0 Å². The van der Waals surface area contributed by atoms with Crippen molar-refractivity contribution in [2.75, 3.05) is 139 Å². The summed E-state index contributed by atoms with van der Waals surface area (Å²) in [5.41, 5.74) is 0. The van der Waals surface area contributed by atoms with Gasteiger partial charge < -0.3 is 52.1 Å². The minimum Gasteiger partial charge on any atom is -0.463 e. The van der Waals surface area contributed by atoms with E-state index < -0.39 is 0 Å². The predicted molar refractivity (Wildman–Crippen MR) is 163 cm³/mol.